The molecule has 1 aliphatic rings. The largest absolute Gasteiger partial charge is 0.467 e. The van der Waals surface area contributed by atoms with E-state index in [-0.39, 0.29) is 36.8 Å². The van der Waals surface area contributed by atoms with Crippen LogP contribution in [0.5, 0.6) is 0 Å². The minimum atomic E-state index is -1.15. The molecule has 1 aliphatic carbocycles. The molecular formula is C13H25ClN2O4. The van der Waals surface area contributed by atoms with E-state index >= 15 is 0 Å². The summed E-state index contributed by atoms with van der Waals surface area (Å²) in [7, 11) is 2.77. The van der Waals surface area contributed by atoms with Crippen molar-refractivity contribution < 1.29 is 19.1 Å². The number of esters is 1. The molecule has 20 heavy (non-hydrogen) atoms. The normalized spacial score (nSPS) is 24.4. The first kappa shape index (κ1) is 19.1. The second-order valence-electron chi connectivity index (χ2n) is 5.28. The molecule has 0 heterocycles. The van der Waals surface area contributed by atoms with Gasteiger partial charge in [0.1, 0.15) is 0 Å². The van der Waals surface area contributed by atoms with Crippen LogP contribution in [0.25, 0.3) is 0 Å². The Bertz CT molecular complexity index is 340. The van der Waals surface area contributed by atoms with Crippen molar-refractivity contribution in [3.8, 4) is 0 Å². The van der Waals surface area contributed by atoms with Gasteiger partial charge in [0.05, 0.1) is 13.7 Å². The summed E-state index contributed by atoms with van der Waals surface area (Å²) in [5, 5.41) is 2.76. The van der Waals surface area contributed by atoms with Crippen molar-refractivity contribution in [1.82, 2.24) is 5.32 Å². The molecule has 1 fully saturated rings. The van der Waals surface area contributed by atoms with Crippen molar-refractivity contribution in [2.24, 2.45) is 17.6 Å². The highest BCUT2D eigenvalue weighted by molar-refractivity contribution is 5.89. The van der Waals surface area contributed by atoms with Crippen molar-refractivity contribution in [2.75, 3.05) is 27.4 Å². The molecule has 0 aromatic heterocycles. The number of amides is 1. The predicted octanol–water partition coefficient (Wildman–Crippen LogP) is 0.478. The second-order valence-corrected chi connectivity index (χ2v) is 5.28. The molecule has 1 rings (SSSR count). The quantitative estimate of drug-likeness (QED) is 0.696. The maximum Gasteiger partial charge on any atom is 0.333 e. The van der Waals surface area contributed by atoms with Crippen LogP contribution < -0.4 is 11.1 Å². The van der Waals surface area contributed by atoms with E-state index in [1.165, 1.54) is 14.2 Å². The molecule has 6 nitrogen and oxygen atoms in total. The van der Waals surface area contributed by atoms with Gasteiger partial charge in [-0.3, -0.25) is 4.79 Å². The molecule has 118 valence electrons. The standard InChI is InChI=1S/C13H24N2O4.ClH/c1-13(8-18-2,12(17)19-3)15-11(16)10-6-4-5-9(10)7-14;/h9-10H,4-8,14H2,1-3H3,(H,15,16);1H/t9-,10-,13?;/m1./s1. The molecule has 0 saturated heterocycles. The Morgan fingerprint density at radius 3 is 2.50 bits per heavy atom. The van der Waals surface area contributed by atoms with E-state index in [2.05, 4.69) is 5.32 Å². The van der Waals surface area contributed by atoms with Gasteiger partial charge in [-0.1, -0.05) is 6.42 Å². The van der Waals surface area contributed by atoms with Crippen molar-refractivity contribution in [3.05, 3.63) is 0 Å². The van der Waals surface area contributed by atoms with Crippen LogP contribution in [0.4, 0.5) is 0 Å². The summed E-state index contributed by atoms with van der Waals surface area (Å²) in [5.41, 5.74) is 4.52. The van der Waals surface area contributed by atoms with Crippen LogP contribution in [-0.4, -0.2) is 44.8 Å². The third kappa shape index (κ3) is 4.33. The highest BCUT2D eigenvalue weighted by Crippen LogP contribution is 2.31. The number of ether oxygens (including phenoxy) is 2. The lowest BCUT2D eigenvalue weighted by molar-refractivity contribution is -0.153. The van der Waals surface area contributed by atoms with E-state index in [4.69, 9.17) is 15.2 Å². The van der Waals surface area contributed by atoms with E-state index in [0.717, 1.165) is 19.3 Å². The lowest BCUT2D eigenvalue weighted by atomic mass is 9.93. The van der Waals surface area contributed by atoms with Gasteiger partial charge in [-0.25, -0.2) is 4.79 Å². The molecule has 0 bridgehead atoms. The SMILES string of the molecule is COCC(C)(NC(=O)[C@@H]1CCC[C@@H]1CN)C(=O)OC.Cl. The van der Waals surface area contributed by atoms with Gasteiger partial charge in [0.15, 0.2) is 5.54 Å². The third-order valence-corrected chi connectivity index (χ3v) is 3.77. The van der Waals surface area contributed by atoms with Crippen LogP contribution >= 0.6 is 12.4 Å². The van der Waals surface area contributed by atoms with Crippen molar-refractivity contribution >= 4 is 24.3 Å². The first-order chi connectivity index (χ1) is 8.98. The lowest BCUT2D eigenvalue weighted by Gasteiger charge is -2.29. The monoisotopic (exact) mass is 308 g/mol. The molecule has 0 radical (unpaired) electrons. The Morgan fingerprint density at radius 2 is 2.00 bits per heavy atom. The number of nitrogens with one attached hydrogen (secondary N) is 1. The average Bonchev–Trinajstić information content (AvgIpc) is 2.86. The number of hydrogen-bond acceptors (Lipinski definition) is 5. The first-order valence-corrected chi connectivity index (χ1v) is 6.58. The average molecular weight is 309 g/mol. The van der Waals surface area contributed by atoms with Crippen molar-refractivity contribution in [1.29, 1.82) is 0 Å². The van der Waals surface area contributed by atoms with Crippen LogP contribution in [0.1, 0.15) is 26.2 Å². The number of rotatable bonds is 6. The van der Waals surface area contributed by atoms with E-state index in [1.54, 1.807) is 6.92 Å². The number of hydrogen-bond donors (Lipinski definition) is 2. The zero-order valence-corrected chi connectivity index (χ0v) is 13.1. The number of halogens is 1. The van der Waals surface area contributed by atoms with Gasteiger partial charge >= 0.3 is 5.97 Å². The van der Waals surface area contributed by atoms with Crippen LogP contribution in [0, 0.1) is 11.8 Å². The molecule has 7 heteroatoms. The third-order valence-electron chi connectivity index (χ3n) is 3.77. The molecule has 0 spiro atoms. The Morgan fingerprint density at radius 1 is 1.35 bits per heavy atom. The first-order valence-electron chi connectivity index (χ1n) is 6.58. The fraction of sp³-hybridized carbons (Fsp3) is 0.846. The van der Waals surface area contributed by atoms with Crippen molar-refractivity contribution in [2.45, 2.75) is 31.7 Å². The minimum absolute atomic E-state index is 0. The Kier molecular flexibility index (Phi) is 8.08. The molecule has 1 amide bonds. The highest BCUT2D eigenvalue weighted by Gasteiger charge is 2.40. The van der Waals surface area contributed by atoms with Crippen LogP contribution in [0.3, 0.4) is 0 Å². The van der Waals surface area contributed by atoms with Crippen LogP contribution in [0.2, 0.25) is 0 Å². The maximum atomic E-state index is 12.3. The Labute approximate surface area is 126 Å². The van der Waals surface area contributed by atoms with Crippen LogP contribution in [0.15, 0.2) is 0 Å². The Balaban J connectivity index is 0.00000361. The van der Waals surface area contributed by atoms with Crippen LogP contribution in [-0.2, 0) is 19.1 Å². The maximum absolute atomic E-state index is 12.3. The molecule has 0 aliphatic heterocycles. The van der Waals surface area contributed by atoms with Gasteiger partial charge in [-0.2, -0.15) is 0 Å². The number of carbonyl (C=O) groups excluding carboxylic acids is 2. The molecule has 0 aromatic carbocycles. The molecular weight excluding hydrogens is 284 g/mol. The topological polar surface area (TPSA) is 90.6 Å². The smallest absolute Gasteiger partial charge is 0.333 e. The summed E-state index contributed by atoms with van der Waals surface area (Å²) in [6, 6.07) is 0. The molecule has 3 N–H and O–H groups in total. The van der Waals surface area contributed by atoms with E-state index in [1.807, 2.05) is 0 Å². The Hall–Kier alpha value is -0.850. The number of nitrogens with two attached hydrogens (primary N) is 1. The van der Waals surface area contributed by atoms with Crippen molar-refractivity contribution in [3.63, 3.8) is 0 Å². The minimum Gasteiger partial charge on any atom is -0.467 e. The predicted molar refractivity (Wildman–Crippen MR) is 77.6 cm³/mol. The van der Waals surface area contributed by atoms with Gasteiger partial charge in [-0.15, -0.1) is 12.4 Å². The molecule has 0 aromatic rings. The summed E-state index contributed by atoms with van der Waals surface area (Å²) in [6.45, 7) is 2.18. The highest BCUT2D eigenvalue weighted by atomic mass is 35.5. The van der Waals surface area contributed by atoms with Gasteiger partial charge in [-0.05, 0) is 32.2 Å². The molecule has 1 unspecified atom stereocenters. The molecule has 3 atom stereocenters. The van der Waals surface area contributed by atoms with E-state index in [0.29, 0.717) is 6.54 Å². The lowest BCUT2D eigenvalue weighted by Crippen LogP contribution is -2.57. The second kappa shape index (κ2) is 8.44. The van der Waals surface area contributed by atoms with E-state index in [9.17, 15) is 9.59 Å². The van der Waals surface area contributed by atoms with Gasteiger partial charge in [0.25, 0.3) is 0 Å². The number of carbonyl (C=O) groups is 2. The summed E-state index contributed by atoms with van der Waals surface area (Å²) < 4.78 is 9.73. The molecule has 1 saturated carbocycles. The zero-order valence-electron chi connectivity index (χ0n) is 12.3. The summed E-state index contributed by atoms with van der Waals surface area (Å²) in [4.78, 5) is 24.1. The fourth-order valence-corrected chi connectivity index (χ4v) is 2.69. The summed E-state index contributed by atoms with van der Waals surface area (Å²) in [5.74, 6) is -0.571. The van der Waals surface area contributed by atoms with E-state index < -0.39 is 11.5 Å². The number of methoxy groups -OCH3 is 2. The summed E-state index contributed by atoms with van der Waals surface area (Å²) >= 11 is 0. The van der Waals surface area contributed by atoms with Gasteiger partial charge < -0.3 is 20.5 Å². The fourth-order valence-electron chi connectivity index (χ4n) is 2.69. The van der Waals surface area contributed by atoms with Gasteiger partial charge in [0.2, 0.25) is 5.91 Å². The van der Waals surface area contributed by atoms with Gasteiger partial charge in [0, 0.05) is 13.0 Å². The zero-order chi connectivity index (χ0) is 14.5. The summed E-state index contributed by atoms with van der Waals surface area (Å²) in [6.07, 6.45) is 2.78.